The zero-order valence-electron chi connectivity index (χ0n) is 29.4. The molecule has 15 heteroatoms. The number of piperazine rings is 1. The summed E-state index contributed by atoms with van der Waals surface area (Å²) < 4.78 is 34.8. The number of hydrogen-bond acceptors (Lipinski definition) is 11. The van der Waals surface area contributed by atoms with Crippen molar-refractivity contribution in [2.45, 2.75) is 71.6 Å². The molecule has 0 bridgehead atoms. The molecule has 0 unspecified atom stereocenters. The molecule has 12 nitrogen and oxygen atoms in total. The Morgan fingerprint density at radius 1 is 1.00 bits per heavy atom. The molecule has 6 rings (SSSR count). The number of likely N-dealkylation sites (tertiary alicyclic amines) is 1. The molecular weight excluding hydrogens is 685 g/mol. The lowest BCUT2D eigenvalue weighted by atomic mass is 10.0. The second-order valence-electron chi connectivity index (χ2n) is 14.6. The Balaban J connectivity index is 1.38. The number of rotatable bonds is 6. The molecule has 4 heterocycles. The number of benzene rings is 2. The molecule has 1 atom stereocenters. The number of aromatic nitrogens is 3. The van der Waals surface area contributed by atoms with Crippen LogP contribution >= 0.6 is 22.9 Å². The molecule has 4 aromatic rings. The van der Waals surface area contributed by atoms with Gasteiger partial charge in [0.25, 0.3) is 0 Å². The predicted octanol–water partition coefficient (Wildman–Crippen LogP) is 7.58. The summed E-state index contributed by atoms with van der Waals surface area (Å²) in [7, 11) is 2.05. The quantitative estimate of drug-likeness (QED) is 0.213. The summed E-state index contributed by atoms with van der Waals surface area (Å²) >= 11 is 8.15. The number of nitrogens with zero attached hydrogens (tertiary/aromatic N) is 6. The summed E-state index contributed by atoms with van der Waals surface area (Å²) in [5, 5.41) is 3.56. The number of para-hydroxylation sites is 1. The van der Waals surface area contributed by atoms with Crippen molar-refractivity contribution in [2.24, 2.45) is 0 Å². The van der Waals surface area contributed by atoms with Crippen molar-refractivity contribution in [3.05, 3.63) is 35.1 Å². The molecule has 268 valence electrons. The highest BCUT2D eigenvalue weighted by Crippen LogP contribution is 2.42. The van der Waals surface area contributed by atoms with Crippen LogP contribution in [-0.4, -0.2) is 101 Å². The van der Waals surface area contributed by atoms with Gasteiger partial charge < -0.3 is 28.9 Å². The summed E-state index contributed by atoms with van der Waals surface area (Å²) in [6.45, 7) is 13.8. The number of halogens is 2. The number of thiazole rings is 1. The topological polar surface area (TPSA) is 122 Å². The van der Waals surface area contributed by atoms with E-state index in [0.29, 0.717) is 60.2 Å². The van der Waals surface area contributed by atoms with E-state index in [2.05, 4.69) is 27.2 Å². The van der Waals surface area contributed by atoms with Crippen molar-refractivity contribution in [1.82, 2.24) is 24.8 Å². The van der Waals surface area contributed by atoms with Crippen LogP contribution in [-0.2, 0) is 9.47 Å². The molecule has 0 aliphatic carbocycles. The largest absolute Gasteiger partial charge is 0.462 e. The van der Waals surface area contributed by atoms with Crippen LogP contribution in [0.4, 0.5) is 24.9 Å². The molecule has 0 spiro atoms. The normalized spacial score (nSPS) is 17.4. The molecule has 2 aromatic heterocycles. The number of likely N-dealkylation sites (N-methyl/N-ethyl adjacent to an activating group) is 1. The first-order valence-corrected chi connectivity index (χ1v) is 17.9. The van der Waals surface area contributed by atoms with E-state index >= 15 is 4.39 Å². The molecule has 0 saturated carbocycles. The minimum Gasteiger partial charge on any atom is -0.462 e. The number of amides is 2. The third-order valence-corrected chi connectivity index (χ3v) is 9.68. The van der Waals surface area contributed by atoms with E-state index in [1.807, 2.05) is 31.7 Å². The fraction of sp³-hybridized carbons (Fsp3) is 0.514. The van der Waals surface area contributed by atoms with Crippen LogP contribution in [0, 0.1) is 5.82 Å². The molecule has 0 radical (unpaired) electrons. The van der Waals surface area contributed by atoms with Crippen LogP contribution in [0.15, 0.2) is 24.3 Å². The van der Waals surface area contributed by atoms with Crippen LogP contribution in [0.25, 0.3) is 32.2 Å². The summed E-state index contributed by atoms with van der Waals surface area (Å²) in [4.78, 5) is 45.1. The minimum atomic E-state index is -0.685. The molecular formula is C35H43ClFN7O5S. The monoisotopic (exact) mass is 727 g/mol. The number of carbonyl (C=O) groups is 2. The van der Waals surface area contributed by atoms with Crippen LogP contribution in [0.5, 0.6) is 6.01 Å². The van der Waals surface area contributed by atoms with E-state index in [1.165, 1.54) is 11.3 Å². The number of nitrogens with one attached hydrogen (secondary N) is 1. The van der Waals surface area contributed by atoms with Gasteiger partial charge >= 0.3 is 18.2 Å². The van der Waals surface area contributed by atoms with Gasteiger partial charge in [-0.1, -0.05) is 35.1 Å². The smallest absolute Gasteiger partial charge is 0.413 e. The molecule has 2 aliphatic rings. The number of ether oxygens (including phenoxy) is 3. The van der Waals surface area contributed by atoms with Crippen molar-refractivity contribution in [2.75, 3.05) is 56.6 Å². The van der Waals surface area contributed by atoms with Gasteiger partial charge in [-0.25, -0.2) is 19.0 Å². The van der Waals surface area contributed by atoms with E-state index < -0.39 is 23.1 Å². The van der Waals surface area contributed by atoms with Crippen molar-refractivity contribution >= 4 is 67.2 Å². The van der Waals surface area contributed by atoms with E-state index in [4.69, 9.17) is 30.8 Å². The third-order valence-electron chi connectivity index (χ3n) is 8.45. The first-order valence-electron chi connectivity index (χ1n) is 16.7. The second-order valence-corrected chi connectivity index (χ2v) is 16.1. The maximum absolute atomic E-state index is 17.0. The van der Waals surface area contributed by atoms with Gasteiger partial charge in [0.05, 0.1) is 15.2 Å². The lowest BCUT2D eigenvalue weighted by molar-refractivity contribution is 0.0240. The Morgan fingerprint density at radius 3 is 2.38 bits per heavy atom. The standard InChI is InChI=1S/C35H43ClFN7O5S/c1-34(2,3)48-32(45)41-31-39-27-21(11-8-12-24(27)50-31)25-23(36)18-22-28(26(25)37)38-30(47-19-20-10-9-13-42(20)7)40-29(22)43-14-16-44(17-15-43)33(46)49-35(4,5)6/h8,11-12,18,20H,9-10,13-17,19H2,1-7H3,(H,39,41,45)/t20-/m0/s1. The molecule has 2 aliphatic heterocycles. The van der Waals surface area contributed by atoms with Crippen LogP contribution < -0.4 is 15.0 Å². The van der Waals surface area contributed by atoms with Gasteiger partial charge in [0, 0.05) is 48.7 Å². The van der Waals surface area contributed by atoms with Crippen LogP contribution in [0.3, 0.4) is 0 Å². The van der Waals surface area contributed by atoms with E-state index in [0.717, 1.165) is 24.1 Å². The van der Waals surface area contributed by atoms with Gasteiger partial charge in [-0.2, -0.15) is 9.97 Å². The van der Waals surface area contributed by atoms with E-state index in [9.17, 15) is 9.59 Å². The van der Waals surface area contributed by atoms with Crippen molar-refractivity contribution in [1.29, 1.82) is 0 Å². The Bertz CT molecular complexity index is 1920. The lowest BCUT2D eigenvalue weighted by Crippen LogP contribution is -2.50. The number of anilines is 2. The summed E-state index contributed by atoms with van der Waals surface area (Å²) in [5.41, 5.74) is -0.200. The van der Waals surface area contributed by atoms with E-state index in [1.54, 1.807) is 43.9 Å². The maximum atomic E-state index is 17.0. The van der Waals surface area contributed by atoms with Gasteiger partial charge in [-0.15, -0.1) is 0 Å². The molecule has 1 N–H and O–H groups in total. The Morgan fingerprint density at radius 2 is 1.72 bits per heavy atom. The Labute approximate surface area is 299 Å². The lowest BCUT2D eigenvalue weighted by Gasteiger charge is -2.36. The van der Waals surface area contributed by atoms with Crippen LogP contribution in [0.1, 0.15) is 54.4 Å². The SMILES string of the molecule is CN1CCC[C@H]1COc1nc(N2CCN(C(=O)OC(C)(C)C)CC2)c2cc(Cl)c(-c3cccc4sc(NC(=O)OC(C)(C)C)nc34)c(F)c2n1. The second kappa shape index (κ2) is 14.0. The van der Waals surface area contributed by atoms with Crippen molar-refractivity contribution < 1.29 is 28.2 Å². The number of carbonyl (C=O) groups excluding carboxylic acids is 2. The van der Waals surface area contributed by atoms with Gasteiger partial charge in [0.2, 0.25) is 0 Å². The molecule has 2 fully saturated rings. The van der Waals surface area contributed by atoms with Crippen molar-refractivity contribution in [3.63, 3.8) is 0 Å². The maximum Gasteiger partial charge on any atom is 0.413 e. The first-order chi connectivity index (χ1) is 23.6. The Kier molecular flexibility index (Phi) is 9.99. The van der Waals surface area contributed by atoms with Crippen molar-refractivity contribution in [3.8, 4) is 17.1 Å². The number of fused-ring (bicyclic) bond motifs is 2. The minimum absolute atomic E-state index is 0.0538. The summed E-state index contributed by atoms with van der Waals surface area (Å²) in [6, 6.07) is 7.30. The molecule has 2 saturated heterocycles. The molecule has 2 amide bonds. The van der Waals surface area contributed by atoms with Gasteiger partial charge in [-0.3, -0.25) is 5.32 Å². The average molecular weight is 728 g/mol. The highest BCUT2D eigenvalue weighted by molar-refractivity contribution is 7.22. The number of hydrogen-bond donors (Lipinski definition) is 1. The highest BCUT2D eigenvalue weighted by Gasteiger charge is 2.30. The molecule has 2 aromatic carbocycles. The first kappa shape index (κ1) is 35.8. The fourth-order valence-corrected chi connectivity index (χ4v) is 7.27. The summed E-state index contributed by atoms with van der Waals surface area (Å²) in [5.74, 6) is -0.176. The zero-order valence-corrected chi connectivity index (χ0v) is 31.0. The molecule has 50 heavy (non-hydrogen) atoms. The fourth-order valence-electron chi connectivity index (χ4n) is 6.09. The van der Waals surface area contributed by atoms with E-state index in [-0.39, 0.29) is 34.2 Å². The van der Waals surface area contributed by atoms with Gasteiger partial charge in [0.15, 0.2) is 10.9 Å². The average Bonchev–Trinajstić information content (AvgIpc) is 3.63. The summed E-state index contributed by atoms with van der Waals surface area (Å²) in [6.07, 6.45) is 1.04. The third kappa shape index (κ3) is 7.97. The van der Waals surface area contributed by atoms with Gasteiger partial charge in [0.1, 0.15) is 29.1 Å². The predicted molar refractivity (Wildman–Crippen MR) is 194 cm³/mol. The zero-order chi connectivity index (χ0) is 36.0. The van der Waals surface area contributed by atoms with Crippen LogP contribution in [0.2, 0.25) is 5.02 Å². The highest BCUT2D eigenvalue weighted by atomic mass is 35.5. The Hall–Kier alpha value is -4.01. The van der Waals surface area contributed by atoms with Gasteiger partial charge in [-0.05, 0) is 80.1 Å².